The molecule has 0 saturated heterocycles. The molecule has 1 atom stereocenters. The van der Waals surface area contributed by atoms with Crippen molar-refractivity contribution in [3.63, 3.8) is 0 Å². The van der Waals surface area contributed by atoms with E-state index >= 15 is 0 Å². The van der Waals surface area contributed by atoms with Crippen molar-refractivity contribution < 1.29 is 13.2 Å². The van der Waals surface area contributed by atoms with Gasteiger partial charge in [-0.25, -0.2) is 8.42 Å². The molecule has 1 amide bonds. The smallest absolute Gasteiger partial charge is 0.264 e. The molecule has 0 bridgehead atoms. The van der Waals surface area contributed by atoms with Crippen LogP contribution in [-0.4, -0.2) is 26.9 Å². The van der Waals surface area contributed by atoms with Gasteiger partial charge in [0.2, 0.25) is 5.91 Å². The molecule has 2 rings (SSSR count). The SMILES string of the molecule is CC[C@H](C)NC(=O)CN(c1ccc(Cl)cc1Cl)S(=O)(=O)c1ccccc1. The third kappa shape index (κ3) is 4.90. The molecule has 2 aromatic carbocycles. The maximum absolute atomic E-state index is 13.1. The number of carbonyl (C=O) groups excluding carboxylic acids is 1. The Hall–Kier alpha value is -1.76. The molecule has 26 heavy (non-hydrogen) atoms. The van der Waals surface area contributed by atoms with E-state index in [0.717, 1.165) is 10.7 Å². The first-order valence-corrected chi connectivity index (χ1v) is 10.3. The van der Waals surface area contributed by atoms with Crippen molar-refractivity contribution in [2.75, 3.05) is 10.8 Å². The summed E-state index contributed by atoms with van der Waals surface area (Å²) in [6.45, 7) is 3.39. The third-order valence-electron chi connectivity index (χ3n) is 3.82. The number of benzene rings is 2. The van der Waals surface area contributed by atoms with Gasteiger partial charge in [-0.1, -0.05) is 48.3 Å². The Morgan fingerprint density at radius 3 is 2.38 bits per heavy atom. The van der Waals surface area contributed by atoms with Crippen molar-refractivity contribution in [3.05, 3.63) is 58.6 Å². The first-order chi connectivity index (χ1) is 12.3. The molecule has 0 radical (unpaired) electrons. The lowest BCUT2D eigenvalue weighted by Gasteiger charge is -2.25. The van der Waals surface area contributed by atoms with Gasteiger partial charge in [0.1, 0.15) is 6.54 Å². The standard InChI is InChI=1S/C18H20Cl2N2O3S/c1-3-13(2)21-18(23)12-22(17-10-9-14(19)11-16(17)20)26(24,25)15-7-5-4-6-8-15/h4-11,13H,3,12H2,1-2H3,(H,21,23)/t13-/m0/s1. The lowest BCUT2D eigenvalue weighted by molar-refractivity contribution is -0.120. The van der Waals surface area contributed by atoms with Crippen LogP contribution in [0.2, 0.25) is 10.0 Å². The third-order valence-corrected chi connectivity index (χ3v) is 6.13. The number of hydrogen-bond acceptors (Lipinski definition) is 3. The fraction of sp³-hybridized carbons (Fsp3) is 0.278. The summed E-state index contributed by atoms with van der Waals surface area (Å²) >= 11 is 12.1. The summed E-state index contributed by atoms with van der Waals surface area (Å²) in [7, 11) is -3.98. The molecule has 0 unspecified atom stereocenters. The van der Waals surface area contributed by atoms with E-state index < -0.39 is 15.9 Å². The van der Waals surface area contributed by atoms with Crippen LogP contribution in [0.3, 0.4) is 0 Å². The topological polar surface area (TPSA) is 66.5 Å². The van der Waals surface area contributed by atoms with E-state index in [0.29, 0.717) is 5.02 Å². The van der Waals surface area contributed by atoms with E-state index in [9.17, 15) is 13.2 Å². The number of carbonyl (C=O) groups is 1. The summed E-state index contributed by atoms with van der Waals surface area (Å²) in [4.78, 5) is 12.4. The monoisotopic (exact) mass is 414 g/mol. The summed E-state index contributed by atoms with van der Waals surface area (Å²) in [5.74, 6) is -0.412. The van der Waals surface area contributed by atoms with Crippen molar-refractivity contribution in [3.8, 4) is 0 Å². The number of halogens is 2. The molecule has 1 N–H and O–H groups in total. The molecule has 0 aliphatic carbocycles. The van der Waals surface area contributed by atoms with Crippen molar-refractivity contribution in [1.29, 1.82) is 0 Å². The van der Waals surface area contributed by atoms with Crippen LogP contribution in [-0.2, 0) is 14.8 Å². The Labute approximate surface area is 164 Å². The first kappa shape index (κ1) is 20.6. The minimum atomic E-state index is -3.98. The highest BCUT2D eigenvalue weighted by Gasteiger charge is 2.28. The van der Waals surface area contributed by atoms with Crippen molar-refractivity contribution >= 4 is 44.8 Å². The Bertz CT molecular complexity index is 873. The highest BCUT2D eigenvalue weighted by molar-refractivity contribution is 7.92. The average molecular weight is 415 g/mol. The zero-order valence-electron chi connectivity index (χ0n) is 14.4. The van der Waals surface area contributed by atoms with E-state index in [2.05, 4.69) is 5.32 Å². The van der Waals surface area contributed by atoms with E-state index in [1.165, 1.54) is 30.3 Å². The van der Waals surface area contributed by atoms with E-state index in [4.69, 9.17) is 23.2 Å². The second-order valence-corrected chi connectivity index (χ2v) is 8.50. The fourth-order valence-corrected chi connectivity index (χ4v) is 4.28. The molecular formula is C18H20Cl2N2O3S. The Morgan fingerprint density at radius 2 is 1.81 bits per heavy atom. The van der Waals surface area contributed by atoms with Gasteiger partial charge in [0.15, 0.2) is 0 Å². The molecular weight excluding hydrogens is 395 g/mol. The van der Waals surface area contributed by atoms with Gasteiger partial charge < -0.3 is 5.32 Å². The summed E-state index contributed by atoms with van der Waals surface area (Å²) < 4.78 is 27.2. The van der Waals surface area contributed by atoms with Crippen LogP contribution in [0.5, 0.6) is 0 Å². The number of sulfonamides is 1. The average Bonchev–Trinajstić information content (AvgIpc) is 2.60. The van der Waals surface area contributed by atoms with Crippen LogP contribution in [0.1, 0.15) is 20.3 Å². The van der Waals surface area contributed by atoms with Crippen molar-refractivity contribution in [2.24, 2.45) is 0 Å². The van der Waals surface area contributed by atoms with Gasteiger partial charge in [-0.05, 0) is 43.7 Å². The molecule has 140 valence electrons. The summed E-state index contributed by atoms with van der Waals surface area (Å²) in [5, 5.41) is 3.29. The minimum absolute atomic E-state index is 0.0653. The molecule has 2 aromatic rings. The largest absolute Gasteiger partial charge is 0.352 e. The number of rotatable bonds is 7. The van der Waals surface area contributed by atoms with Gasteiger partial charge in [-0.3, -0.25) is 9.10 Å². The van der Waals surface area contributed by atoms with E-state index in [1.54, 1.807) is 18.2 Å². The Morgan fingerprint density at radius 1 is 1.15 bits per heavy atom. The van der Waals surface area contributed by atoms with Crippen LogP contribution >= 0.6 is 23.2 Å². The predicted octanol–water partition coefficient (Wildman–Crippen LogP) is 4.10. The van der Waals surface area contributed by atoms with Crippen LogP contribution < -0.4 is 9.62 Å². The van der Waals surface area contributed by atoms with E-state index in [-0.39, 0.29) is 28.2 Å². The number of nitrogens with one attached hydrogen (secondary N) is 1. The summed E-state index contributed by atoms with van der Waals surface area (Å²) in [5.41, 5.74) is 0.194. The molecule has 0 aliphatic rings. The van der Waals surface area contributed by atoms with Gasteiger partial charge in [0, 0.05) is 11.1 Å². The maximum Gasteiger partial charge on any atom is 0.264 e. The van der Waals surface area contributed by atoms with Crippen LogP contribution in [0.4, 0.5) is 5.69 Å². The molecule has 8 heteroatoms. The van der Waals surface area contributed by atoms with Crippen LogP contribution in [0.15, 0.2) is 53.4 Å². The molecule has 0 aliphatic heterocycles. The van der Waals surface area contributed by atoms with Gasteiger partial charge in [-0.15, -0.1) is 0 Å². The highest BCUT2D eigenvalue weighted by Crippen LogP contribution is 2.32. The molecule has 0 heterocycles. The van der Waals surface area contributed by atoms with Crippen molar-refractivity contribution in [2.45, 2.75) is 31.2 Å². The Kier molecular flexibility index (Phi) is 6.92. The van der Waals surface area contributed by atoms with Gasteiger partial charge >= 0.3 is 0 Å². The summed E-state index contributed by atoms with van der Waals surface area (Å²) in [6.07, 6.45) is 0.735. The second-order valence-electron chi connectivity index (χ2n) is 5.80. The number of hydrogen-bond donors (Lipinski definition) is 1. The minimum Gasteiger partial charge on any atom is -0.352 e. The summed E-state index contributed by atoms with van der Waals surface area (Å²) in [6, 6.07) is 12.3. The number of nitrogens with zero attached hydrogens (tertiary/aromatic N) is 1. The zero-order chi connectivity index (χ0) is 19.3. The van der Waals surface area contributed by atoms with Crippen LogP contribution in [0, 0.1) is 0 Å². The number of anilines is 1. The fourth-order valence-electron chi connectivity index (χ4n) is 2.26. The lowest BCUT2D eigenvalue weighted by atomic mass is 10.2. The number of amides is 1. The second kappa shape index (κ2) is 8.75. The molecule has 0 fully saturated rings. The predicted molar refractivity (Wildman–Crippen MR) is 105 cm³/mol. The van der Waals surface area contributed by atoms with Gasteiger partial charge in [0.05, 0.1) is 15.6 Å². The highest BCUT2D eigenvalue weighted by atomic mass is 35.5. The van der Waals surface area contributed by atoms with Crippen LogP contribution in [0.25, 0.3) is 0 Å². The molecule has 0 spiro atoms. The van der Waals surface area contributed by atoms with Gasteiger partial charge in [0.25, 0.3) is 10.0 Å². The molecule has 0 saturated carbocycles. The lowest BCUT2D eigenvalue weighted by Crippen LogP contribution is -2.43. The Balaban J connectivity index is 2.47. The van der Waals surface area contributed by atoms with Gasteiger partial charge in [-0.2, -0.15) is 0 Å². The molecule has 5 nitrogen and oxygen atoms in total. The zero-order valence-corrected chi connectivity index (χ0v) is 16.8. The van der Waals surface area contributed by atoms with E-state index in [1.807, 2.05) is 13.8 Å². The van der Waals surface area contributed by atoms with Crippen molar-refractivity contribution in [1.82, 2.24) is 5.32 Å². The normalized spacial score (nSPS) is 12.5. The quantitative estimate of drug-likeness (QED) is 0.741. The maximum atomic E-state index is 13.1. The first-order valence-electron chi connectivity index (χ1n) is 8.08. The molecule has 0 aromatic heterocycles.